The fourth-order valence-corrected chi connectivity index (χ4v) is 2.32. The summed E-state index contributed by atoms with van der Waals surface area (Å²) < 4.78 is 3.20. The minimum Gasteiger partial charge on any atom is -0.264 e. The average molecular weight is 252 g/mol. The van der Waals surface area contributed by atoms with Gasteiger partial charge >= 0.3 is 0 Å². The van der Waals surface area contributed by atoms with Crippen molar-refractivity contribution in [1.82, 2.24) is 19.7 Å². The van der Waals surface area contributed by atoms with Crippen molar-refractivity contribution in [2.75, 3.05) is 12.8 Å². The molecule has 0 bridgehead atoms. The molecular weight excluding hydrogens is 240 g/mol. The largest absolute Gasteiger partial charge is 0.264 e. The predicted molar refractivity (Wildman–Crippen MR) is 68.4 cm³/mol. The molecule has 0 fully saturated rings. The van der Waals surface area contributed by atoms with E-state index in [9.17, 15) is 0 Å². The van der Waals surface area contributed by atoms with Crippen LogP contribution in [0.3, 0.4) is 0 Å². The molecule has 2 rings (SSSR count). The van der Waals surface area contributed by atoms with Gasteiger partial charge in [0.2, 0.25) is 0 Å². The minimum absolute atomic E-state index is 0.705. The van der Waals surface area contributed by atoms with Crippen LogP contribution in [-0.2, 0) is 6.42 Å². The van der Waals surface area contributed by atoms with Crippen LogP contribution in [-0.4, -0.2) is 27.8 Å². The van der Waals surface area contributed by atoms with Crippen molar-refractivity contribution in [3.8, 4) is 10.8 Å². The predicted octanol–water partition coefficient (Wildman–Crippen LogP) is 2.01. The van der Waals surface area contributed by atoms with Crippen LogP contribution in [0.2, 0.25) is 0 Å². The van der Waals surface area contributed by atoms with Gasteiger partial charge in [0.25, 0.3) is 0 Å². The van der Waals surface area contributed by atoms with Crippen LogP contribution in [0.5, 0.6) is 0 Å². The van der Waals surface area contributed by atoms with E-state index in [1.807, 2.05) is 6.26 Å². The summed E-state index contributed by atoms with van der Waals surface area (Å²) in [5.74, 6) is 0.705. The number of aromatic nitrogens is 3. The normalized spacial score (nSPS) is 10.6. The van der Waals surface area contributed by atoms with E-state index in [2.05, 4.69) is 25.1 Å². The number of nitrogens with one attached hydrogen (secondary N) is 1. The number of thiazole rings is 1. The first-order chi connectivity index (χ1) is 7.90. The van der Waals surface area contributed by atoms with Crippen LogP contribution in [0.25, 0.3) is 10.8 Å². The zero-order valence-corrected chi connectivity index (χ0v) is 10.5. The molecule has 0 amide bonds. The van der Waals surface area contributed by atoms with Crippen LogP contribution in [0.1, 0.15) is 5.69 Å². The van der Waals surface area contributed by atoms with E-state index in [1.165, 1.54) is 0 Å². The molecule has 4 nitrogen and oxygen atoms in total. The van der Waals surface area contributed by atoms with Gasteiger partial charge in [0.05, 0.1) is 5.69 Å². The van der Waals surface area contributed by atoms with Crippen molar-refractivity contribution in [3.05, 3.63) is 29.5 Å². The molecule has 84 valence electrons. The highest BCUT2D eigenvalue weighted by atomic mass is 32.2. The molecule has 2 aromatic rings. The Hall–Kier alpha value is -0.980. The van der Waals surface area contributed by atoms with Gasteiger partial charge in [-0.05, 0) is 12.3 Å². The van der Waals surface area contributed by atoms with E-state index < -0.39 is 0 Å². The van der Waals surface area contributed by atoms with Crippen LogP contribution in [0.15, 0.2) is 23.8 Å². The molecule has 0 atom stereocenters. The summed E-state index contributed by atoms with van der Waals surface area (Å²) in [4.78, 5) is 12.8. The fourth-order valence-electron chi connectivity index (χ4n) is 1.22. The Labute approximate surface area is 103 Å². The SMILES string of the molecule is CSNCCc1csc(-c2ncccn2)n1. The summed E-state index contributed by atoms with van der Waals surface area (Å²) in [6.45, 7) is 0.931. The Morgan fingerprint density at radius 1 is 1.38 bits per heavy atom. The lowest BCUT2D eigenvalue weighted by Gasteiger charge is -1.96. The van der Waals surface area contributed by atoms with Crippen molar-refractivity contribution in [3.63, 3.8) is 0 Å². The lowest BCUT2D eigenvalue weighted by atomic mass is 10.3. The Morgan fingerprint density at radius 2 is 2.19 bits per heavy atom. The topological polar surface area (TPSA) is 50.7 Å². The fraction of sp³-hybridized carbons (Fsp3) is 0.300. The van der Waals surface area contributed by atoms with Gasteiger partial charge in [-0.2, -0.15) is 0 Å². The number of rotatable bonds is 5. The molecule has 0 aliphatic carbocycles. The smallest absolute Gasteiger partial charge is 0.188 e. The van der Waals surface area contributed by atoms with Crippen LogP contribution in [0.4, 0.5) is 0 Å². The molecule has 0 aliphatic rings. The molecule has 0 spiro atoms. The first-order valence-electron chi connectivity index (χ1n) is 4.88. The first-order valence-corrected chi connectivity index (χ1v) is 6.98. The van der Waals surface area contributed by atoms with Gasteiger partial charge < -0.3 is 0 Å². The standard InChI is InChI=1S/C10H12N4S2/c1-15-13-6-3-8-7-16-10(14-8)9-11-4-2-5-12-9/h2,4-5,7,13H,3,6H2,1H3. The summed E-state index contributed by atoms with van der Waals surface area (Å²) >= 11 is 3.21. The molecule has 0 unspecified atom stereocenters. The maximum absolute atomic E-state index is 4.50. The van der Waals surface area contributed by atoms with Gasteiger partial charge in [-0.3, -0.25) is 4.72 Å². The Kier molecular flexibility index (Phi) is 4.26. The maximum Gasteiger partial charge on any atom is 0.188 e. The first kappa shape index (κ1) is 11.5. The van der Waals surface area contributed by atoms with Gasteiger partial charge in [0.1, 0.15) is 0 Å². The zero-order chi connectivity index (χ0) is 11.2. The van der Waals surface area contributed by atoms with Crippen molar-refractivity contribution < 1.29 is 0 Å². The highest BCUT2D eigenvalue weighted by molar-refractivity contribution is 7.96. The number of hydrogen-bond donors (Lipinski definition) is 1. The molecule has 2 aromatic heterocycles. The molecular formula is C10H12N4S2. The molecule has 2 heterocycles. The average Bonchev–Trinajstić information content (AvgIpc) is 2.79. The summed E-state index contributed by atoms with van der Waals surface area (Å²) in [6.07, 6.45) is 6.42. The second-order valence-corrected chi connectivity index (χ2v) is 4.62. The van der Waals surface area contributed by atoms with Crippen molar-refractivity contribution in [2.45, 2.75) is 6.42 Å². The molecule has 0 aromatic carbocycles. The molecule has 0 aliphatic heterocycles. The number of hydrogen-bond acceptors (Lipinski definition) is 6. The monoisotopic (exact) mass is 252 g/mol. The summed E-state index contributed by atoms with van der Waals surface area (Å²) in [6, 6.07) is 1.81. The maximum atomic E-state index is 4.50. The zero-order valence-electron chi connectivity index (χ0n) is 8.88. The summed E-state index contributed by atoms with van der Waals surface area (Å²) in [7, 11) is 0. The van der Waals surface area contributed by atoms with Gasteiger partial charge in [-0.15, -0.1) is 11.3 Å². The second-order valence-electron chi connectivity index (χ2n) is 3.06. The van der Waals surface area contributed by atoms with Gasteiger partial charge in [0, 0.05) is 30.7 Å². The minimum atomic E-state index is 0.705. The van der Waals surface area contributed by atoms with E-state index in [0.29, 0.717) is 5.82 Å². The third kappa shape index (κ3) is 3.01. The molecule has 0 radical (unpaired) electrons. The third-order valence-corrected chi connectivity index (χ3v) is 3.32. The molecule has 6 heteroatoms. The lowest BCUT2D eigenvalue weighted by Crippen LogP contribution is -2.07. The van der Waals surface area contributed by atoms with E-state index in [-0.39, 0.29) is 0 Å². The highest BCUT2D eigenvalue weighted by Crippen LogP contribution is 2.19. The van der Waals surface area contributed by atoms with E-state index in [4.69, 9.17) is 0 Å². The molecule has 0 saturated carbocycles. The van der Waals surface area contributed by atoms with Crippen LogP contribution < -0.4 is 4.72 Å². The number of nitrogens with zero attached hydrogens (tertiary/aromatic N) is 3. The molecule has 16 heavy (non-hydrogen) atoms. The Morgan fingerprint density at radius 3 is 2.94 bits per heavy atom. The van der Waals surface area contributed by atoms with E-state index >= 15 is 0 Å². The van der Waals surface area contributed by atoms with Gasteiger partial charge in [-0.25, -0.2) is 15.0 Å². The summed E-state index contributed by atoms with van der Waals surface area (Å²) in [5.41, 5.74) is 1.09. The van der Waals surface area contributed by atoms with Crippen LogP contribution >= 0.6 is 23.3 Å². The summed E-state index contributed by atoms with van der Waals surface area (Å²) in [5, 5.41) is 2.95. The van der Waals surface area contributed by atoms with Gasteiger partial charge in [-0.1, -0.05) is 11.9 Å². The van der Waals surface area contributed by atoms with E-state index in [0.717, 1.165) is 23.7 Å². The Balaban J connectivity index is 2.02. The molecule has 1 N–H and O–H groups in total. The van der Waals surface area contributed by atoms with Crippen LogP contribution in [0, 0.1) is 0 Å². The molecule has 0 saturated heterocycles. The van der Waals surface area contributed by atoms with Crippen molar-refractivity contribution in [2.24, 2.45) is 0 Å². The highest BCUT2D eigenvalue weighted by Gasteiger charge is 2.05. The Bertz CT molecular complexity index is 429. The lowest BCUT2D eigenvalue weighted by molar-refractivity contribution is 0.885. The van der Waals surface area contributed by atoms with Crippen molar-refractivity contribution >= 4 is 23.3 Å². The second kappa shape index (κ2) is 5.93. The van der Waals surface area contributed by atoms with E-state index in [1.54, 1.807) is 41.7 Å². The van der Waals surface area contributed by atoms with Crippen molar-refractivity contribution in [1.29, 1.82) is 0 Å². The third-order valence-electron chi connectivity index (χ3n) is 1.94. The quantitative estimate of drug-likeness (QED) is 0.651. The van der Waals surface area contributed by atoms with Gasteiger partial charge in [0.15, 0.2) is 10.8 Å².